The van der Waals surface area contributed by atoms with Crippen LogP contribution in [0, 0.1) is 5.92 Å². The van der Waals surface area contributed by atoms with Crippen molar-refractivity contribution in [3.8, 4) is 0 Å². The number of fused-ring (bicyclic) bond motifs is 1. The molecule has 0 bridgehead atoms. The summed E-state index contributed by atoms with van der Waals surface area (Å²) in [5.41, 5.74) is 2.24. The van der Waals surface area contributed by atoms with E-state index in [9.17, 15) is 14.7 Å². The average molecular weight is 330 g/mol. The lowest BCUT2D eigenvalue weighted by atomic mass is 9.96. The number of aryl methyl sites for hydroxylation is 1. The standard InChI is InChI=1S/C18H22N2O4/c1-3-24-18(23)12-6-8-20(9-7-12)14-4-5-15-13(10-14)11-16(17(21)22)19(15)2/h4-5,10-12H,3,6-9H2,1-2H3,(H,21,22). The monoisotopic (exact) mass is 330 g/mol. The van der Waals surface area contributed by atoms with Gasteiger partial charge in [0.1, 0.15) is 5.69 Å². The van der Waals surface area contributed by atoms with Gasteiger partial charge in [0.2, 0.25) is 0 Å². The number of ether oxygens (including phenoxy) is 1. The van der Waals surface area contributed by atoms with Crippen molar-refractivity contribution in [1.29, 1.82) is 0 Å². The fourth-order valence-electron chi connectivity index (χ4n) is 3.37. The summed E-state index contributed by atoms with van der Waals surface area (Å²) in [5.74, 6) is -1.03. The van der Waals surface area contributed by atoms with E-state index in [4.69, 9.17) is 4.74 Å². The topological polar surface area (TPSA) is 71.8 Å². The molecule has 0 atom stereocenters. The van der Waals surface area contributed by atoms with Crippen LogP contribution in [0.3, 0.4) is 0 Å². The quantitative estimate of drug-likeness (QED) is 0.873. The van der Waals surface area contributed by atoms with E-state index in [0.717, 1.165) is 42.5 Å². The largest absolute Gasteiger partial charge is 0.477 e. The van der Waals surface area contributed by atoms with E-state index in [2.05, 4.69) is 4.90 Å². The van der Waals surface area contributed by atoms with E-state index in [0.29, 0.717) is 6.61 Å². The Morgan fingerprint density at radius 3 is 2.58 bits per heavy atom. The second-order valence-corrected chi connectivity index (χ2v) is 6.15. The summed E-state index contributed by atoms with van der Waals surface area (Å²) in [5, 5.41) is 10.2. The van der Waals surface area contributed by atoms with E-state index in [1.165, 1.54) is 0 Å². The number of carbonyl (C=O) groups is 2. The van der Waals surface area contributed by atoms with E-state index in [-0.39, 0.29) is 17.6 Å². The van der Waals surface area contributed by atoms with Crippen molar-refractivity contribution in [3.63, 3.8) is 0 Å². The lowest BCUT2D eigenvalue weighted by molar-refractivity contribution is -0.148. The van der Waals surface area contributed by atoms with Gasteiger partial charge in [0, 0.05) is 36.7 Å². The smallest absolute Gasteiger partial charge is 0.352 e. The van der Waals surface area contributed by atoms with Gasteiger partial charge in [-0.25, -0.2) is 4.79 Å². The van der Waals surface area contributed by atoms with Crippen molar-refractivity contribution in [2.45, 2.75) is 19.8 Å². The molecule has 128 valence electrons. The molecule has 1 aliphatic rings. The number of piperidine rings is 1. The van der Waals surface area contributed by atoms with Crippen molar-refractivity contribution < 1.29 is 19.4 Å². The molecular weight excluding hydrogens is 308 g/mol. The fraction of sp³-hybridized carbons (Fsp3) is 0.444. The Bertz CT molecular complexity index is 773. The molecule has 1 aromatic heterocycles. The van der Waals surface area contributed by atoms with E-state index in [1.54, 1.807) is 17.7 Å². The highest BCUT2D eigenvalue weighted by Gasteiger charge is 2.26. The number of nitrogens with zero attached hydrogens (tertiary/aromatic N) is 2. The third kappa shape index (κ3) is 2.96. The number of carboxylic acids is 1. The highest BCUT2D eigenvalue weighted by atomic mass is 16.5. The van der Waals surface area contributed by atoms with Gasteiger partial charge in [0.15, 0.2) is 0 Å². The highest BCUT2D eigenvalue weighted by Crippen LogP contribution is 2.28. The van der Waals surface area contributed by atoms with Gasteiger partial charge in [-0.2, -0.15) is 0 Å². The number of carbonyl (C=O) groups excluding carboxylic acids is 1. The lowest BCUT2D eigenvalue weighted by Gasteiger charge is -2.32. The Kier molecular flexibility index (Phi) is 4.46. The second-order valence-electron chi connectivity index (χ2n) is 6.15. The Morgan fingerprint density at radius 1 is 1.25 bits per heavy atom. The molecule has 24 heavy (non-hydrogen) atoms. The van der Waals surface area contributed by atoms with E-state index >= 15 is 0 Å². The molecule has 1 saturated heterocycles. The first-order chi connectivity index (χ1) is 11.5. The van der Waals surface area contributed by atoms with E-state index < -0.39 is 5.97 Å². The SMILES string of the molecule is CCOC(=O)C1CCN(c2ccc3c(c2)cc(C(=O)O)n3C)CC1. The number of hydrogen-bond donors (Lipinski definition) is 1. The molecule has 0 radical (unpaired) electrons. The predicted molar refractivity (Wildman–Crippen MR) is 91.4 cm³/mol. The Hall–Kier alpha value is -2.50. The number of benzene rings is 1. The van der Waals surface area contributed by atoms with Gasteiger partial charge in [-0.05, 0) is 44.0 Å². The first kappa shape index (κ1) is 16.4. The fourth-order valence-corrected chi connectivity index (χ4v) is 3.37. The molecular formula is C18H22N2O4. The summed E-state index contributed by atoms with van der Waals surface area (Å²) in [6, 6.07) is 7.69. The van der Waals surface area contributed by atoms with Crippen molar-refractivity contribution in [1.82, 2.24) is 4.57 Å². The van der Waals surface area contributed by atoms with Gasteiger partial charge in [0.05, 0.1) is 12.5 Å². The zero-order chi connectivity index (χ0) is 17.3. The summed E-state index contributed by atoms with van der Waals surface area (Å²) < 4.78 is 6.79. The summed E-state index contributed by atoms with van der Waals surface area (Å²) in [6.07, 6.45) is 1.57. The molecule has 0 unspecified atom stereocenters. The maximum atomic E-state index is 11.8. The number of carboxylic acid groups (broad SMARTS) is 1. The zero-order valence-corrected chi connectivity index (χ0v) is 14.0. The van der Waals surface area contributed by atoms with Crippen LogP contribution in [0.1, 0.15) is 30.3 Å². The molecule has 1 N–H and O–H groups in total. The highest BCUT2D eigenvalue weighted by molar-refractivity contribution is 5.95. The van der Waals surface area contributed by atoms with Crippen molar-refractivity contribution in [2.24, 2.45) is 13.0 Å². The predicted octanol–water partition coefficient (Wildman–Crippen LogP) is 2.66. The Morgan fingerprint density at radius 2 is 1.96 bits per heavy atom. The van der Waals surface area contributed by atoms with Crippen LogP contribution in [0.15, 0.2) is 24.3 Å². The number of aromatic carboxylic acids is 1. The Balaban J connectivity index is 1.76. The molecule has 0 amide bonds. The summed E-state index contributed by atoms with van der Waals surface area (Å²) in [7, 11) is 1.76. The van der Waals surface area contributed by atoms with Gasteiger partial charge < -0.3 is 19.3 Å². The van der Waals surface area contributed by atoms with Crippen LogP contribution in [0.4, 0.5) is 5.69 Å². The van der Waals surface area contributed by atoms with Crippen LogP contribution in [-0.4, -0.2) is 41.3 Å². The van der Waals surface area contributed by atoms with Gasteiger partial charge >= 0.3 is 11.9 Å². The number of esters is 1. The maximum absolute atomic E-state index is 11.8. The summed E-state index contributed by atoms with van der Waals surface area (Å²) in [4.78, 5) is 25.3. The maximum Gasteiger partial charge on any atom is 0.352 e. The van der Waals surface area contributed by atoms with E-state index in [1.807, 2.05) is 25.1 Å². The van der Waals surface area contributed by atoms with Crippen molar-refractivity contribution in [3.05, 3.63) is 30.0 Å². The molecule has 2 heterocycles. The molecule has 0 saturated carbocycles. The van der Waals surface area contributed by atoms with Gasteiger partial charge in [0.25, 0.3) is 0 Å². The second kappa shape index (κ2) is 6.55. The summed E-state index contributed by atoms with van der Waals surface area (Å²) in [6.45, 7) is 3.85. The normalized spacial score (nSPS) is 15.7. The molecule has 3 rings (SSSR count). The number of rotatable bonds is 4. The molecule has 1 aromatic carbocycles. The number of aromatic nitrogens is 1. The minimum absolute atomic E-state index is 0.0136. The molecule has 6 nitrogen and oxygen atoms in total. The minimum atomic E-state index is -0.925. The Labute approximate surface area is 140 Å². The van der Waals surface area contributed by atoms with Crippen LogP contribution in [-0.2, 0) is 16.6 Å². The average Bonchev–Trinajstić information content (AvgIpc) is 2.92. The molecule has 2 aromatic rings. The number of hydrogen-bond acceptors (Lipinski definition) is 4. The number of anilines is 1. The lowest BCUT2D eigenvalue weighted by Crippen LogP contribution is -2.36. The molecule has 0 spiro atoms. The van der Waals surface area contributed by atoms with Crippen LogP contribution in [0.2, 0.25) is 0 Å². The van der Waals surface area contributed by atoms with Crippen LogP contribution >= 0.6 is 0 Å². The van der Waals surface area contributed by atoms with Crippen molar-refractivity contribution in [2.75, 3.05) is 24.6 Å². The van der Waals surface area contributed by atoms with Gasteiger partial charge in [-0.15, -0.1) is 0 Å². The van der Waals surface area contributed by atoms with Gasteiger partial charge in [-0.1, -0.05) is 0 Å². The van der Waals surface area contributed by atoms with Crippen LogP contribution in [0.25, 0.3) is 10.9 Å². The molecule has 1 fully saturated rings. The third-order valence-corrected chi connectivity index (χ3v) is 4.73. The van der Waals surface area contributed by atoms with Crippen LogP contribution in [0.5, 0.6) is 0 Å². The van der Waals surface area contributed by atoms with Crippen LogP contribution < -0.4 is 4.90 Å². The third-order valence-electron chi connectivity index (χ3n) is 4.73. The first-order valence-electron chi connectivity index (χ1n) is 8.25. The first-order valence-corrected chi connectivity index (χ1v) is 8.25. The molecule has 1 aliphatic heterocycles. The molecule has 6 heteroatoms. The minimum Gasteiger partial charge on any atom is -0.477 e. The summed E-state index contributed by atoms with van der Waals surface area (Å²) >= 11 is 0. The zero-order valence-electron chi connectivity index (χ0n) is 14.0. The molecule has 0 aliphatic carbocycles. The van der Waals surface area contributed by atoms with Gasteiger partial charge in [-0.3, -0.25) is 4.79 Å². The van der Waals surface area contributed by atoms with Crippen molar-refractivity contribution >= 4 is 28.5 Å².